The SMILES string of the molecule is O=C1CCCc2sc(CCN3CCC(c4csc5cc(F)ccc45)CC3)cc2N1. The predicted octanol–water partition coefficient (Wildman–Crippen LogP) is 5.80. The van der Waals surface area contributed by atoms with Gasteiger partial charge in [-0.05, 0) is 85.6 Å². The maximum atomic E-state index is 13.5. The van der Waals surface area contributed by atoms with Crippen LogP contribution >= 0.6 is 22.7 Å². The minimum Gasteiger partial charge on any atom is -0.325 e. The van der Waals surface area contributed by atoms with E-state index in [1.54, 1.807) is 23.5 Å². The third-order valence-corrected chi connectivity index (χ3v) is 8.43. The third kappa shape index (κ3) is 4.11. The molecule has 1 fully saturated rings. The first-order valence-corrected chi connectivity index (χ1v) is 12.2. The summed E-state index contributed by atoms with van der Waals surface area (Å²) in [5.41, 5.74) is 2.45. The van der Waals surface area contributed by atoms with Gasteiger partial charge in [-0.2, -0.15) is 0 Å². The summed E-state index contributed by atoms with van der Waals surface area (Å²) in [7, 11) is 0. The van der Waals surface area contributed by atoms with E-state index in [9.17, 15) is 9.18 Å². The first-order chi connectivity index (χ1) is 14.2. The van der Waals surface area contributed by atoms with E-state index in [2.05, 4.69) is 21.7 Å². The Kier molecular flexibility index (Phi) is 5.41. The molecule has 0 radical (unpaired) electrons. The van der Waals surface area contributed by atoms with Crippen molar-refractivity contribution in [2.75, 3.05) is 25.0 Å². The average Bonchev–Trinajstić information content (AvgIpc) is 3.26. The van der Waals surface area contributed by atoms with Crippen molar-refractivity contribution in [2.45, 2.75) is 44.4 Å². The van der Waals surface area contributed by atoms with Crippen LogP contribution in [-0.2, 0) is 17.6 Å². The lowest BCUT2D eigenvalue weighted by Gasteiger charge is -2.31. The second kappa shape index (κ2) is 8.17. The summed E-state index contributed by atoms with van der Waals surface area (Å²) in [6.45, 7) is 3.31. The molecule has 5 rings (SSSR count). The molecular weight excluding hydrogens is 403 g/mol. The van der Waals surface area contributed by atoms with Crippen molar-refractivity contribution >= 4 is 44.4 Å². The van der Waals surface area contributed by atoms with E-state index in [0.717, 1.165) is 49.3 Å². The molecule has 1 N–H and O–H groups in total. The Balaban J connectivity index is 1.17. The first-order valence-electron chi connectivity index (χ1n) is 10.5. The van der Waals surface area contributed by atoms with Gasteiger partial charge >= 0.3 is 0 Å². The van der Waals surface area contributed by atoms with Gasteiger partial charge in [-0.1, -0.05) is 6.07 Å². The van der Waals surface area contributed by atoms with Gasteiger partial charge in [0.2, 0.25) is 5.91 Å². The van der Waals surface area contributed by atoms with E-state index in [1.165, 1.54) is 33.5 Å². The van der Waals surface area contributed by atoms with Crippen molar-refractivity contribution in [3.63, 3.8) is 0 Å². The maximum Gasteiger partial charge on any atom is 0.224 e. The number of thiophene rings is 2. The molecule has 1 aromatic carbocycles. The lowest BCUT2D eigenvalue weighted by atomic mass is 9.89. The number of amides is 1. The topological polar surface area (TPSA) is 32.3 Å². The molecule has 6 heteroatoms. The van der Waals surface area contributed by atoms with Crippen LogP contribution in [-0.4, -0.2) is 30.4 Å². The lowest BCUT2D eigenvalue weighted by molar-refractivity contribution is -0.116. The van der Waals surface area contributed by atoms with E-state index in [0.29, 0.717) is 12.3 Å². The largest absolute Gasteiger partial charge is 0.325 e. The summed E-state index contributed by atoms with van der Waals surface area (Å²) >= 11 is 3.53. The Morgan fingerprint density at radius 1 is 1.17 bits per heavy atom. The molecule has 0 spiro atoms. The van der Waals surface area contributed by atoms with Gasteiger partial charge < -0.3 is 10.2 Å². The summed E-state index contributed by atoms with van der Waals surface area (Å²) in [5, 5.41) is 6.52. The number of hydrogen-bond donors (Lipinski definition) is 1. The number of carbonyl (C=O) groups excluding carboxylic acids is 1. The van der Waals surface area contributed by atoms with Crippen LogP contribution in [0.4, 0.5) is 10.1 Å². The van der Waals surface area contributed by atoms with Crippen LogP contribution in [0.5, 0.6) is 0 Å². The van der Waals surface area contributed by atoms with Crippen molar-refractivity contribution in [1.82, 2.24) is 4.90 Å². The van der Waals surface area contributed by atoms with E-state index in [-0.39, 0.29) is 11.7 Å². The molecule has 29 heavy (non-hydrogen) atoms. The molecule has 2 aliphatic rings. The number of nitrogens with one attached hydrogen (secondary N) is 1. The highest BCUT2D eigenvalue weighted by Gasteiger charge is 2.23. The normalized spacial score (nSPS) is 18.6. The Morgan fingerprint density at radius 2 is 2.03 bits per heavy atom. The lowest BCUT2D eigenvalue weighted by Crippen LogP contribution is -2.34. The van der Waals surface area contributed by atoms with Crippen LogP contribution in [0.1, 0.15) is 46.9 Å². The van der Waals surface area contributed by atoms with Crippen LogP contribution in [0.2, 0.25) is 0 Å². The van der Waals surface area contributed by atoms with Gasteiger partial charge in [0, 0.05) is 27.4 Å². The Morgan fingerprint density at radius 3 is 2.90 bits per heavy atom. The fraction of sp³-hybridized carbons (Fsp3) is 0.435. The number of hydrogen-bond acceptors (Lipinski definition) is 4. The van der Waals surface area contributed by atoms with Crippen LogP contribution in [0.15, 0.2) is 29.6 Å². The van der Waals surface area contributed by atoms with Gasteiger partial charge in [0.15, 0.2) is 0 Å². The van der Waals surface area contributed by atoms with Crippen LogP contribution < -0.4 is 5.32 Å². The molecule has 0 aliphatic carbocycles. The highest BCUT2D eigenvalue weighted by Crippen LogP contribution is 2.37. The predicted molar refractivity (Wildman–Crippen MR) is 120 cm³/mol. The molecular formula is C23H25FN2OS2. The zero-order valence-electron chi connectivity index (χ0n) is 16.4. The third-order valence-electron chi connectivity index (χ3n) is 6.21. The van der Waals surface area contributed by atoms with Crippen molar-refractivity contribution < 1.29 is 9.18 Å². The highest BCUT2D eigenvalue weighted by molar-refractivity contribution is 7.17. The van der Waals surface area contributed by atoms with Crippen molar-refractivity contribution in [2.24, 2.45) is 0 Å². The van der Waals surface area contributed by atoms with E-state index in [4.69, 9.17) is 0 Å². The minimum absolute atomic E-state index is 0.147. The second-order valence-corrected chi connectivity index (χ2v) is 10.3. The van der Waals surface area contributed by atoms with Crippen LogP contribution in [0.25, 0.3) is 10.1 Å². The van der Waals surface area contributed by atoms with Crippen molar-refractivity contribution in [1.29, 1.82) is 0 Å². The summed E-state index contributed by atoms with van der Waals surface area (Å²) in [4.78, 5) is 17.0. The average molecular weight is 429 g/mol. The quantitative estimate of drug-likeness (QED) is 0.570. The molecule has 0 atom stereocenters. The molecule has 4 heterocycles. The zero-order chi connectivity index (χ0) is 19.8. The number of anilines is 1. The summed E-state index contributed by atoms with van der Waals surface area (Å²) in [5.74, 6) is 0.587. The molecule has 0 unspecified atom stereocenters. The van der Waals surface area contributed by atoms with E-state index in [1.807, 2.05) is 17.4 Å². The number of rotatable bonds is 4. The van der Waals surface area contributed by atoms with Crippen molar-refractivity contribution in [3.05, 3.63) is 50.8 Å². The standard InChI is InChI=1S/C23H25FN2OS2/c24-16-4-5-18-19(14-28-22(18)12-16)15-6-9-26(10-7-15)11-8-17-13-20-21(29-17)2-1-3-23(27)25-20/h4-5,12-15H,1-3,6-11H2,(H,25,27). The highest BCUT2D eigenvalue weighted by atomic mass is 32.1. The number of nitrogens with zero attached hydrogens (tertiary/aromatic N) is 1. The fourth-order valence-electron chi connectivity index (χ4n) is 4.60. The molecule has 0 saturated carbocycles. The molecule has 1 saturated heterocycles. The second-order valence-electron chi connectivity index (χ2n) is 8.15. The Bertz CT molecular complexity index is 1030. The maximum absolute atomic E-state index is 13.5. The van der Waals surface area contributed by atoms with E-state index < -0.39 is 0 Å². The number of carbonyl (C=O) groups is 1. The number of halogens is 1. The van der Waals surface area contributed by atoms with Gasteiger partial charge in [-0.3, -0.25) is 4.79 Å². The number of fused-ring (bicyclic) bond motifs is 2. The summed E-state index contributed by atoms with van der Waals surface area (Å²) < 4.78 is 14.5. The smallest absolute Gasteiger partial charge is 0.224 e. The number of likely N-dealkylation sites (tertiary alicyclic amines) is 1. The van der Waals surface area contributed by atoms with Gasteiger partial charge in [0.05, 0.1) is 5.69 Å². The van der Waals surface area contributed by atoms with Crippen LogP contribution in [0.3, 0.4) is 0 Å². The summed E-state index contributed by atoms with van der Waals surface area (Å²) in [6, 6.07) is 7.37. The number of aryl methyl sites for hydroxylation is 1. The molecule has 1 amide bonds. The first kappa shape index (κ1) is 19.2. The minimum atomic E-state index is -0.147. The molecule has 3 nitrogen and oxygen atoms in total. The Hall–Kier alpha value is -1.76. The molecule has 2 aromatic heterocycles. The Labute approximate surface area is 178 Å². The zero-order valence-corrected chi connectivity index (χ0v) is 18.0. The molecule has 152 valence electrons. The fourth-order valence-corrected chi connectivity index (χ4v) is 6.82. The molecule has 2 aliphatic heterocycles. The van der Waals surface area contributed by atoms with E-state index >= 15 is 0 Å². The van der Waals surface area contributed by atoms with Gasteiger partial charge in [0.1, 0.15) is 5.82 Å². The van der Waals surface area contributed by atoms with Gasteiger partial charge in [-0.15, -0.1) is 22.7 Å². The molecule has 0 bridgehead atoms. The van der Waals surface area contributed by atoms with Gasteiger partial charge in [0.25, 0.3) is 0 Å². The number of benzene rings is 1. The van der Waals surface area contributed by atoms with Gasteiger partial charge in [-0.25, -0.2) is 4.39 Å². The van der Waals surface area contributed by atoms with Crippen molar-refractivity contribution in [3.8, 4) is 0 Å². The number of piperidine rings is 1. The van der Waals surface area contributed by atoms with Crippen LogP contribution in [0, 0.1) is 5.82 Å². The molecule has 3 aromatic rings. The summed E-state index contributed by atoms with van der Waals surface area (Å²) in [6.07, 6.45) is 6.00. The monoisotopic (exact) mass is 428 g/mol.